The second kappa shape index (κ2) is 5.80. The van der Waals surface area contributed by atoms with Crippen LogP contribution in [0.2, 0.25) is 0 Å². The zero-order chi connectivity index (χ0) is 13.9. The zero-order valence-electron chi connectivity index (χ0n) is 11.8. The monoisotopic (exact) mass is 264 g/mol. The third-order valence-electron chi connectivity index (χ3n) is 3.79. The highest BCUT2D eigenvalue weighted by Crippen LogP contribution is 2.30. The number of aliphatic hydroxyl groups excluding tert-OH is 1. The summed E-state index contributed by atoms with van der Waals surface area (Å²) in [5, 5.41) is 9.36. The first kappa shape index (κ1) is 14.2. The molecule has 0 saturated heterocycles. The predicted octanol–water partition coefficient (Wildman–Crippen LogP) is 1.76. The lowest BCUT2D eigenvalue weighted by molar-refractivity contribution is 0.0729. The Morgan fingerprint density at radius 1 is 1.47 bits per heavy atom. The van der Waals surface area contributed by atoms with E-state index in [1.54, 1.807) is 0 Å². The second-order valence-electron chi connectivity index (χ2n) is 5.75. The maximum atomic E-state index is 9.36. The number of rotatable bonds is 4. The molecule has 0 amide bonds. The summed E-state index contributed by atoms with van der Waals surface area (Å²) in [7, 11) is 4.02. The molecule has 2 unspecified atom stereocenters. The Balaban J connectivity index is 2.02. The molecule has 0 heterocycles. The van der Waals surface area contributed by atoms with E-state index in [-0.39, 0.29) is 12.7 Å². The van der Waals surface area contributed by atoms with Gasteiger partial charge in [0.15, 0.2) is 0 Å². The van der Waals surface area contributed by atoms with Crippen LogP contribution in [0, 0.1) is 0 Å². The topological polar surface area (TPSA) is 58.7 Å². The van der Waals surface area contributed by atoms with E-state index >= 15 is 0 Å². The number of nitrogens with two attached hydrogens (primary N) is 1. The molecule has 1 aliphatic rings. The minimum Gasteiger partial charge on any atom is -0.490 e. The number of aliphatic hydroxyl groups is 1. The Morgan fingerprint density at radius 3 is 2.95 bits per heavy atom. The maximum Gasteiger partial charge on any atom is 0.121 e. The normalized spacial score (nSPS) is 27.1. The number of hydrogen-bond acceptors (Lipinski definition) is 4. The molecule has 19 heavy (non-hydrogen) atoms. The molecular formula is C15H24N2O2. The van der Waals surface area contributed by atoms with Crippen molar-refractivity contribution >= 4 is 5.69 Å². The van der Waals surface area contributed by atoms with E-state index in [1.165, 1.54) is 0 Å². The fourth-order valence-electron chi connectivity index (χ4n) is 2.61. The van der Waals surface area contributed by atoms with Crippen LogP contribution in [0.15, 0.2) is 24.3 Å². The van der Waals surface area contributed by atoms with E-state index < -0.39 is 5.54 Å². The van der Waals surface area contributed by atoms with Gasteiger partial charge < -0.3 is 20.5 Å². The summed E-state index contributed by atoms with van der Waals surface area (Å²) < 4.78 is 6.03. The van der Waals surface area contributed by atoms with Crippen LogP contribution in [0.4, 0.5) is 5.69 Å². The maximum absolute atomic E-state index is 9.36. The molecule has 1 aliphatic carbocycles. The summed E-state index contributed by atoms with van der Waals surface area (Å²) in [6.45, 7) is 0.0323. The van der Waals surface area contributed by atoms with Crippen molar-refractivity contribution in [2.45, 2.75) is 37.3 Å². The van der Waals surface area contributed by atoms with Crippen LogP contribution < -0.4 is 15.4 Å². The standard InChI is InChI=1S/C15H24N2O2/c1-17(2)12-5-3-6-13(9-12)19-14-7-4-8-15(16,10-14)11-18/h3,5-6,9,14,18H,4,7-8,10-11,16H2,1-2H3. The van der Waals surface area contributed by atoms with E-state index in [1.807, 2.05) is 32.3 Å². The molecule has 0 aliphatic heterocycles. The van der Waals surface area contributed by atoms with Gasteiger partial charge in [0.1, 0.15) is 11.9 Å². The Bertz CT molecular complexity index is 422. The summed E-state index contributed by atoms with van der Waals surface area (Å²) in [5.41, 5.74) is 6.79. The number of anilines is 1. The van der Waals surface area contributed by atoms with E-state index in [9.17, 15) is 5.11 Å². The quantitative estimate of drug-likeness (QED) is 0.870. The highest BCUT2D eigenvalue weighted by atomic mass is 16.5. The first-order valence-corrected chi connectivity index (χ1v) is 6.86. The van der Waals surface area contributed by atoms with Gasteiger partial charge in [-0.25, -0.2) is 0 Å². The third-order valence-corrected chi connectivity index (χ3v) is 3.79. The van der Waals surface area contributed by atoms with Crippen molar-refractivity contribution in [2.24, 2.45) is 5.73 Å². The highest BCUT2D eigenvalue weighted by molar-refractivity contribution is 5.49. The van der Waals surface area contributed by atoms with Gasteiger partial charge in [-0.05, 0) is 31.4 Å². The third kappa shape index (κ3) is 3.61. The molecule has 1 aromatic rings. The fourth-order valence-corrected chi connectivity index (χ4v) is 2.61. The molecule has 0 bridgehead atoms. The molecule has 0 aromatic heterocycles. The number of nitrogens with zero attached hydrogens (tertiary/aromatic N) is 1. The minimum atomic E-state index is -0.470. The lowest BCUT2D eigenvalue weighted by atomic mass is 9.81. The largest absolute Gasteiger partial charge is 0.490 e. The van der Waals surface area contributed by atoms with Gasteiger partial charge >= 0.3 is 0 Å². The lowest BCUT2D eigenvalue weighted by Gasteiger charge is -2.36. The van der Waals surface area contributed by atoms with Crippen LogP contribution in [0.25, 0.3) is 0 Å². The van der Waals surface area contributed by atoms with Gasteiger partial charge in [0, 0.05) is 37.8 Å². The molecule has 2 atom stereocenters. The number of benzene rings is 1. The van der Waals surface area contributed by atoms with Crippen molar-refractivity contribution in [3.8, 4) is 5.75 Å². The van der Waals surface area contributed by atoms with Crippen molar-refractivity contribution in [2.75, 3.05) is 25.6 Å². The van der Waals surface area contributed by atoms with Gasteiger partial charge in [-0.15, -0.1) is 0 Å². The van der Waals surface area contributed by atoms with E-state index in [0.717, 1.165) is 37.1 Å². The van der Waals surface area contributed by atoms with Crippen LogP contribution in [0.1, 0.15) is 25.7 Å². The second-order valence-corrected chi connectivity index (χ2v) is 5.75. The van der Waals surface area contributed by atoms with Crippen LogP contribution in [0.3, 0.4) is 0 Å². The highest BCUT2D eigenvalue weighted by Gasteiger charge is 2.33. The van der Waals surface area contributed by atoms with E-state index in [4.69, 9.17) is 10.5 Å². The van der Waals surface area contributed by atoms with Crippen molar-refractivity contribution in [3.63, 3.8) is 0 Å². The van der Waals surface area contributed by atoms with E-state index in [0.29, 0.717) is 0 Å². The molecule has 4 nitrogen and oxygen atoms in total. The van der Waals surface area contributed by atoms with Crippen molar-refractivity contribution in [1.82, 2.24) is 0 Å². The Morgan fingerprint density at radius 2 is 2.26 bits per heavy atom. The van der Waals surface area contributed by atoms with Crippen molar-refractivity contribution in [1.29, 1.82) is 0 Å². The van der Waals surface area contributed by atoms with E-state index in [2.05, 4.69) is 11.0 Å². The molecule has 0 radical (unpaired) electrons. The SMILES string of the molecule is CN(C)c1cccc(OC2CCCC(N)(CO)C2)c1. The average molecular weight is 264 g/mol. The van der Waals surface area contributed by atoms with Crippen LogP contribution in [0.5, 0.6) is 5.75 Å². The number of ether oxygens (including phenoxy) is 1. The predicted molar refractivity (Wildman–Crippen MR) is 77.7 cm³/mol. The fraction of sp³-hybridized carbons (Fsp3) is 0.600. The summed E-state index contributed by atoms with van der Waals surface area (Å²) in [4.78, 5) is 2.05. The van der Waals surface area contributed by atoms with Crippen LogP contribution in [-0.4, -0.2) is 37.5 Å². The van der Waals surface area contributed by atoms with Gasteiger partial charge in [-0.2, -0.15) is 0 Å². The van der Waals surface area contributed by atoms with Crippen LogP contribution >= 0.6 is 0 Å². The molecule has 0 spiro atoms. The molecule has 1 fully saturated rings. The first-order valence-electron chi connectivity index (χ1n) is 6.86. The van der Waals surface area contributed by atoms with Gasteiger partial charge in [0.25, 0.3) is 0 Å². The molecule has 2 rings (SSSR count). The zero-order valence-corrected chi connectivity index (χ0v) is 11.8. The summed E-state index contributed by atoms with van der Waals surface area (Å²) in [6, 6.07) is 8.05. The molecular weight excluding hydrogens is 240 g/mol. The molecule has 1 aromatic carbocycles. The summed E-state index contributed by atoms with van der Waals surface area (Å²) in [6.07, 6.45) is 3.71. The Kier molecular flexibility index (Phi) is 4.32. The van der Waals surface area contributed by atoms with Crippen molar-refractivity contribution in [3.05, 3.63) is 24.3 Å². The van der Waals surface area contributed by atoms with Crippen molar-refractivity contribution < 1.29 is 9.84 Å². The molecule has 106 valence electrons. The minimum absolute atomic E-state index is 0.0323. The first-order chi connectivity index (χ1) is 9.02. The summed E-state index contributed by atoms with van der Waals surface area (Å²) in [5.74, 6) is 0.874. The van der Waals surface area contributed by atoms with Crippen LogP contribution in [-0.2, 0) is 0 Å². The van der Waals surface area contributed by atoms with Gasteiger partial charge in [-0.1, -0.05) is 6.07 Å². The Hall–Kier alpha value is -1.26. The Labute approximate surface area is 115 Å². The smallest absolute Gasteiger partial charge is 0.121 e. The lowest BCUT2D eigenvalue weighted by Crippen LogP contribution is -2.50. The average Bonchev–Trinajstić information content (AvgIpc) is 2.39. The number of hydrogen-bond donors (Lipinski definition) is 2. The van der Waals surface area contributed by atoms with Gasteiger partial charge in [-0.3, -0.25) is 0 Å². The summed E-state index contributed by atoms with van der Waals surface area (Å²) >= 11 is 0. The molecule has 3 N–H and O–H groups in total. The van der Waals surface area contributed by atoms with Gasteiger partial charge in [0.2, 0.25) is 0 Å². The molecule has 4 heteroatoms. The molecule has 1 saturated carbocycles. The van der Waals surface area contributed by atoms with Gasteiger partial charge in [0.05, 0.1) is 6.61 Å².